The predicted octanol–water partition coefficient (Wildman–Crippen LogP) is 5.18. The van der Waals surface area contributed by atoms with Gasteiger partial charge in [-0.1, -0.05) is 30.3 Å². The third-order valence-electron chi connectivity index (χ3n) is 5.03. The summed E-state index contributed by atoms with van der Waals surface area (Å²) in [6, 6.07) is 22.1. The SMILES string of the molecule is O=C1c2ccccc2C(=O)c2cc(-c3ccc(C=Nc4ccc(O)cc4)o3)ccc21. The Hall–Kier alpha value is -4.25. The van der Waals surface area contributed by atoms with Crippen LogP contribution in [0.2, 0.25) is 0 Å². The number of benzene rings is 3. The molecule has 5 heteroatoms. The van der Waals surface area contributed by atoms with Crippen LogP contribution in [0, 0.1) is 0 Å². The summed E-state index contributed by atoms with van der Waals surface area (Å²) in [6.45, 7) is 0. The summed E-state index contributed by atoms with van der Waals surface area (Å²) in [4.78, 5) is 30.0. The van der Waals surface area contributed by atoms with Crippen molar-refractivity contribution < 1.29 is 19.1 Å². The third-order valence-corrected chi connectivity index (χ3v) is 5.03. The minimum Gasteiger partial charge on any atom is -0.508 e. The van der Waals surface area contributed by atoms with Gasteiger partial charge in [0.1, 0.15) is 17.3 Å². The molecule has 0 saturated heterocycles. The number of fused-ring (bicyclic) bond motifs is 2. The van der Waals surface area contributed by atoms with Crippen LogP contribution in [0.1, 0.15) is 37.6 Å². The molecule has 5 nitrogen and oxygen atoms in total. The topological polar surface area (TPSA) is 79.9 Å². The fourth-order valence-corrected chi connectivity index (χ4v) is 3.51. The van der Waals surface area contributed by atoms with Gasteiger partial charge < -0.3 is 9.52 Å². The van der Waals surface area contributed by atoms with Gasteiger partial charge in [0, 0.05) is 27.8 Å². The molecule has 1 aliphatic carbocycles. The molecular weight excluding hydrogens is 378 g/mol. The fourth-order valence-electron chi connectivity index (χ4n) is 3.51. The number of nitrogens with zero attached hydrogens (tertiary/aromatic N) is 1. The molecule has 0 atom stereocenters. The Morgan fingerprint density at radius 1 is 0.733 bits per heavy atom. The van der Waals surface area contributed by atoms with Gasteiger partial charge in [0.25, 0.3) is 0 Å². The van der Waals surface area contributed by atoms with Crippen LogP contribution in [-0.2, 0) is 0 Å². The van der Waals surface area contributed by atoms with Gasteiger partial charge in [-0.15, -0.1) is 0 Å². The second-order valence-corrected chi connectivity index (χ2v) is 6.94. The van der Waals surface area contributed by atoms with Crippen LogP contribution in [0.5, 0.6) is 5.75 Å². The summed E-state index contributed by atoms with van der Waals surface area (Å²) in [7, 11) is 0. The molecule has 0 radical (unpaired) electrons. The highest BCUT2D eigenvalue weighted by atomic mass is 16.3. The lowest BCUT2D eigenvalue weighted by Crippen LogP contribution is -2.20. The molecule has 0 amide bonds. The number of furan rings is 1. The van der Waals surface area contributed by atoms with Crippen LogP contribution in [0.25, 0.3) is 11.3 Å². The van der Waals surface area contributed by atoms with Crippen molar-refractivity contribution in [3.05, 3.63) is 107 Å². The monoisotopic (exact) mass is 393 g/mol. The first kappa shape index (κ1) is 17.8. The lowest BCUT2D eigenvalue weighted by atomic mass is 9.83. The molecule has 144 valence electrons. The Balaban J connectivity index is 1.46. The smallest absolute Gasteiger partial charge is 0.194 e. The third kappa shape index (κ3) is 3.02. The number of hydrogen-bond donors (Lipinski definition) is 1. The Morgan fingerprint density at radius 2 is 1.40 bits per heavy atom. The largest absolute Gasteiger partial charge is 0.508 e. The lowest BCUT2D eigenvalue weighted by molar-refractivity contribution is 0.0979. The summed E-state index contributed by atoms with van der Waals surface area (Å²) < 4.78 is 5.84. The van der Waals surface area contributed by atoms with Crippen molar-refractivity contribution >= 4 is 23.5 Å². The van der Waals surface area contributed by atoms with E-state index in [2.05, 4.69) is 4.99 Å². The van der Waals surface area contributed by atoms with Crippen molar-refractivity contribution in [1.82, 2.24) is 0 Å². The summed E-state index contributed by atoms with van der Waals surface area (Å²) in [6.07, 6.45) is 1.58. The minimum atomic E-state index is -0.164. The molecular formula is C25H15NO4. The average molecular weight is 393 g/mol. The highest BCUT2D eigenvalue weighted by Gasteiger charge is 2.29. The number of aromatic hydroxyl groups is 1. The van der Waals surface area contributed by atoms with Crippen molar-refractivity contribution in [2.45, 2.75) is 0 Å². The van der Waals surface area contributed by atoms with E-state index in [9.17, 15) is 14.7 Å². The van der Waals surface area contributed by atoms with Crippen molar-refractivity contribution in [3.63, 3.8) is 0 Å². The van der Waals surface area contributed by atoms with Gasteiger partial charge in [-0.05, 0) is 48.5 Å². The van der Waals surface area contributed by atoms with Gasteiger partial charge in [0.15, 0.2) is 11.6 Å². The Bertz CT molecular complexity index is 1330. The zero-order chi connectivity index (χ0) is 20.7. The molecule has 1 aliphatic rings. The number of carbonyl (C=O) groups excluding carboxylic acids is 2. The standard InChI is InChI=1S/C25H15NO4/c27-17-8-6-16(7-9-17)26-14-18-10-12-23(30-18)15-5-11-21-22(13-15)25(29)20-4-2-1-3-19(20)24(21)28/h1-14,27H. The molecule has 0 aliphatic heterocycles. The normalized spacial score (nSPS) is 12.8. The van der Waals surface area contributed by atoms with Crippen LogP contribution >= 0.6 is 0 Å². The van der Waals surface area contributed by atoms with E-state index < -0.39 is 0 Å². The van der Waals surface area contributed by atoms with Crippen molar-refractivity contribution in [2.24, 2.45) is 4.99 Å². The molecule has 1 aromatic heterocycles. The van der Waals surface area contributed by atoms with Gasteiger partial charge in [-0.3, -0.25) is 14.6 Å². The van der Waals surface area contributed by atoms with E-state index in [4.69, 9.17) is 4.42 Å². The predicted molar refractivity (Wildman–Crippen MR) is 113 cm³/mol. The van der Waals surface area contributed by atoms with Gasteiger partial charge in [0.2, 0.25) is 0 Å². The van der Waals surface area contributed by atoms with E-state index in [-0.39, 0.29) is 17.3 Å². The van der Waals surface area contributed by atoms with Crippen molar-refractivity contribution in [1.29, 1.82) is 0 Å². The maximum absolute atomic E-state index is 12.9. The van der Waals surface area contributed by atoms with E-state index >= 15 is 0 Å². The molecule has 5 rings (SSSR count). The van der Waals surface area contributed by atoms with Crippen LogP contribution < -0.4 is 0 Å². The molecule has 0 spiro atoms. The number of carbonyl (C=O) groups is 2. The van der Waals surface area contributed by atoms with E-state index in [1.807, 2.05) is 0 Å². The molecule has 0 unspecified atom stereocenters. The van der Waals surface area contributed by atoms with Crippen LogP contribution in [0.3, 0.4) is 0 Å². The van der Waals surface area contributed by atoms with Gasteiger partial charge in [0.05, 0.1) is 11.9 Å². The van der Waals surface area contributed by atoms with E-state index in [1.54, 1.807) is 85.1 Å². The summed E-state index contributed by atoms with van der Waals surface area (Å²) in [5, 5.41) is 9.33. The number of phenols is 1. The summed E-state index contributed by atoms with van der Waals surface area (Å²) in [5.74, 6) is 0.987. The number of rotatable bonds is 3. The Morgan fingerprint density at radius 3 is 2.13 bits per heavy atom. The number of phenolic OH excluding ortho intramolecular Hbond substituents is 1. The first-order valence-corrected chi connectivity index (χ1v) is 9.36. The minimum absolute atomic E-state index is 0.145. The van der Waals surface area contributed by atoms with Crippen LogP contribution in [0.15, 0.2) is 88.3 Å². The van der Waals surface area contributed by atoms with Crippen LogP contribution in [0.4, 0.5) is 5.69 Å². The second-order valence-electron chi connectivity index (χ2n) is 6.94. The maximum Gasteiger partial charge on any atom is 0.194 e. The lowest BCUT2D eigenvalue weighted by Gasteiger charge is -2.17. The van der Waals surface area contributed by atoms with E-state index in [0.717, 1.165) is 0 Å². The molecule has 1 heterocycles. The van der Waals surface area contributed by atoms with Crippen molar-refractivity contribution in [2.75, 3.05) is 0 Å². The number of hydrogen-bond acceptors (Lipinski definition) is 5. The van der Waals surface area contributed by atoms with E-state index in [1.165, 1.54) is 0 Å². The quantitative estimate of drug-likeness (QED) is 0.429. The Labute approximate surface area is 171 Å². The average Bonchev–Trinajstić information content (AvgIpc) is 3.26. The van der Waals surface area contributed by atoms with Gasteiger partial charge >= 0.3 is 0 Å². The van der Waals surface area contributed by atoms with Gasteiger partial charge in [-0.2, -0.15) is 0 Å². The molecule has 0 saturated carbocycles. The fraction of sp³-hybridized carbons (Fsp3) is 0. The first-order chi connectivity index (χ1) is 14.6. The molecule has 1 N–H and O–H groups in total. The molecule has 4 aromatic rings. The first-order valence-electron chi connectivity index (χ1n) is 9.36. The highest BCUT2D eigenvalue weighted by Crippen LogP contribution is 2.31. The van der Waals surface area contributed by atoms with Crippen LogP contribution in [-0.4, -0.2) is 22.9 Å². The maximum atomic E-state index is 12.9. The zero-order valence-corrected chi connectivity index (χ0v) is 15.7. The Kier molecular flexibility index (Phi) is 4.14. The molecule has 0 bridgehead atoms. The van der Waals surface area contributed by atoms with Crippen molar-refractivity contribution in [3.8, 4) is 17.1 Å². The molecule has 0 fully saturated rings. The summed E-state index contributed by atoms with van der Waals surface area (Å²) in [5.41, 5.74) is 3.04. The highest BCUT2D eigenvalue weighted by molar-refractivity contribution is 6.28. The summed E-state index contributed by atoms with van der Waals surface area (Å²) >= 11 is 0. The number of ketones is 2. The molecule has 30 heavy (non-hydrogen) atoms. The number of aliphatic imine (C=N–C) groups is 1. The molecule has 3 aromatic carbocycles. The zero-order valence-electron chi connectivity index (χ0n) is 15.7. The second kappa shape index (κ2) is 6.97. The van der Waals surface area contributed by atoms with E-state index in [0.29, 0.717) is 45.0 Å². The van der Waals surface area contributed by atoms with Gasteiger partial charge in [-0.25, -0.2) is 0 Å².